The van der Waals surface area contributed by atoms with Crippen molar-refractivity contribution >= 4 is 108 Å². The fraction of sp³-hybridized carbons (Fsp3) is 0.0541. The van der Waals surface area contributed by atoms with Gasteiger partial charge in [0.2, 0.25) is 0 Å². The Kier molecular flexibility index (Phi) is 10.1. The molecule has 0 aliphatic rings. The number of nitrogens with zero attached hydrogens (tertiary/aromatic N) is 3. The smallest absolute Gasteiger partial charge is 0.0641 e. The highest BCUT2D eigenvalue weighted by molar-refractivity contribution is 6.40. The summed E-state index contributed by atoms with van der Waals surface area (Å²) in [5.74, 6) is 0. The Bertz CT molecular complexity index is 5050. The van der Waals surface area contributed by atoms with E-state index in [9.17, 15) is 0 Å². The summed E-state index contributed by atoms with van der Waals surface area (Å²) in [5.41, 5.74) is 15.9. The minimum atomic E-state index is 1.12. The van der Waals surface area contributed by atoms with E-state index in [1.807, 2.05) is 13.8 Å². The average molecular weight is 984 g/mol. The predicted octanol–water partition coefficient (Wildman–Crippen LogP) is 20.6. The molecule has 0 spiro atoms. The third kappa shape index (κ3) is 6.44. The van der Waals surface area contributed by atoms with E-state index in [0.29, 0.717) is 0 Å². The zero-order valence-electron chi connectivity index (χ0n) is 43.5. The van der Waals surface area contributed by atoms with Crippen molar-refractivity contribution in [3.63, 3.8) is 0 Å². The third-order valence-corrected chi connectivity index (χ3v) is 16.6. The van der Waals surface area contributed by atoms with E-state index in [-0.39, 0.29) is 0 Å². The molecule has 0 aliphatic carbocycles. The molecular formula is C74H53N3. The van der Waals surface area contributed by atoms with Crippen LogP contribution in [0.5, 0.6) is 0 Å². The monoisotopic (exact) mass is 983 g/mol. The molecule has 0 saturated carbocycles. The molecule has 16 aromatic rings. The number of fused-ring (bicyclic) bond motifs is 19. The van der Waals surface area contributed by atoms with Crippen LogP contribution in [0, 0.1) is 13.8 Å². The molecule has 0 saturated heterocycles. The van der Waals surface area contributed by atoms with Crippen LogP contribution in [0.2, 0.25) is 0 Å². The molecule has 3 heteroatoms. The lowest BCUT2D eigenvalue weighted by molar-refractivity contribution is 1.13. The number of hydrogen-bond donors (Lipinski definition) is 0. The van der Waals surface area contributed by atoms with E-state index in [1.54, 1.807) is 0 Å². The van der Waals surface area contributed by atoms with E-state index in [4.69, 9.17) is 0 Å². The predicted molar refractivity (Wildman–Crippen MR) is 331 cm³/mol. The van der Waals surface area contributed by atoms with Gasteiger partial charge in [0.15, 0.2) is 0 Å². The molecule has 3 nitrogen and oxygen atoms in total. The molecule has 16 rings (SSSR count). The van der Waals surface area contributed by atoms with Crippen molar-refractivity contribution in [3.8, 4) is 39.3 Å². The fourth-order valence-corrected chi connectivity index (χ4v) is 13.4. The Morgan fingerprint density at radius 3 is 1.10 bits per heavy atom. The number of benzene rings is 13. The van der Waals surface area contributed by atoms with Gasteiger partial charge in [-0.15, -0.1) is 0 Å². The van der Waals surface area contributed by atoms with E-state index in [1.165, 1.54) is 142 Å². The number of rotatable bonds is 5. The summed E-state index contributed by atoms with van der Waals surface area (Å²) in [6, 6.07) is 87.6. The number of aryl methyl sites for hydroxylation is 2. The summed E-state index contributed by atoms with van der Waals surface area (Å²) in [7, 11) is 0. The maximum absolute atomic E-state index is 2.54. The van der Waals surface area contributed by atoms with Crippen LogP contribution in [0.25, 0.3) is 148 Å². The van der Waals surface area contributed by atoms with Gasteiger partial charge < -0.3 is 13.7 Å². The average Bonchev–Trinajstić information content (AvgIpc) is 4.36. The molecule has 364 valence electrons. The molecule has 3 heterocycles. The number of para-hydroxylation sites is 1. The summed E-state index contributed by atoms with van der Waals surface area (Å²) in [6.45, 7) is 8.63. The molecule has 0 radical (unpaired) electrons. The highest BCUT2D eigenvalue weighted by Gasteiger charge is 2.26. The van der Waals surface area contributed by atoms with Gasteiger partial charge in [-0.3, -0.25) is 0 Å². The summed E-state index contributed by atoms with van der Waals surface area (Å²) in [6.07, 6.45) is 4.55. The Labute approximate surface area is 446 Å². The van der Waals surface area contributed by atoms with Crippen LogP contribution < -0.4 is 0 Å². The maximum atomic E-state index is 2.54. The highest BCUT2D eigenvalue weighted by atomic mass is 15.0. The van der Waals surface area contributed by atoms with Crippen molar-refractivity contribution in [1.82, 2.24) is 13.7 Å². The summed E-state index contributed by atoms with van der Waals surface area (Å²) in [4.78, 5) is 0. The van der Waals surface area contributed by atoms with Crippen LogP contribution in [0.15, 0.2) is 249 Å². The van der Waals surface area contributed by atoms with Crippen LogP contribution in [0.4, 0.5) is 0 Å². The van der Waals surface area contributed by atoms with Crippen molar-refractivity contribution in [1.29, 1.82) is 0 Å². The molecule has 13 aromatic carbocycles. The van der Waals surface area contributed by atoms with Crippen LogP contribution in [-0.4, -0.2) is 13.7 Å². The first-order valence-corrected chi connectivity index (χ1v) is 27.1. The van der Waals surface area contributed by atoms with E-state index in [0.717, 1.165) is 17.1 Å². The maximum Gasteiger partial charge on any atom is 0.0641 e. The van der Waals surface area contributed by atoms with Gasteiger partial charge in [0.1, 0.15) is 0 Å². The molecule has 0 aliphatic heterocycles. The van der Waals surface area contributed by atoms with Crippen molar-refractivity contribution in [2.24, 2.45) is 0 Å². The zero-order chi connectivity index (χ0) is 51.5. The topological polar surface area (TPSA) is 14.8 Å². The standard InChI is InChI=1S/C72H47N3.C2H6/c1-44-51-20-6-8-22-53(51)55-24-10-14-28-59(55)65(44)66-45(2)52-21-7-9-23-54(52)63-40-42-73(69(63)66)48-36-32-46(33-37-48)47-34-38-49(39-35-47)74-43-41-64-58-27-13-17-31-62(58)72-68(70(64)74)67-60-29-15-11-25-56(60)57-26-12-16-30-61(57)71(67)75(72)50-18-4-3-5-19-50;1-2/h3-43H,1-2H3;1-2H3. The van der Waals surface area contributed by atoms with Gasteiger partial charge in [-0.05, 0) is 144 Å². The van der Waals surface area contributed by atoms with Crippen molar-refractivity contribution in [3.05, 3.63) is 260 Å². The second-order valence-electron chi connectivity index (χ2n) is 20.4. The Morgan fingerprint density at radius 2 is 0.571 bits per heavy atom. The second-order valence-corrected chi connectivity index (χ2v) is 20.4. The van der Waals surface area contributed by atoms with E-state index in [2.05, 4.69) is 277 Å². The number of hydrogen-bond acceptors (Lipinski definition) is 0. The van der Waals surface area contributed by atoms with Crippen molar-refractivity contribution < 1.29 is 0 Å². The first-order chi connectivity index (χ1) is 38.1. The normalized spacial score (nSPS) is 11.9. The molecule has 0 unspecified atom stereocenters. The Hall–Kier alpha value is -9.70. The minimum Gasteiger partial charge on any atom is -0.316 e. The minimum absolute atomic E-state index is 1.12. The van der Waals surface area contributed by atoms with Crippen LogP contribution in [-0.2, 0) is 0 Å². The van der Waals surface area contributed by atoms with Gasteiger partial charge in [-0.1, -0.05) is 202 Å². The first-order valence-electron chi connectivity index (χ1n) is 27.1. The quantitative estimate of drug-likeness (QED) is 0.153. The summed E-state index contributed by atoms with van der Waals surface area (Å²) in [5, 5.41) is 20.3. The molecule has 0 fully saturated rings. The van der Waals surface area contributed by atoms with E-state index >= 15 is 0 Å². The van der Waals surface area contributed by atoms with Gasteiger partial charge in [-0.2, -0.15) is 0 Å². The van der Waals surface area contributed by atoms with Gasteiger partial charge in [0, 0.05) is 67.3 Å². The SMILES string of the molecule is CC.Cc1c(-c2c(C)c3ccccc3c3ccn(-c4ccc(-c5ccc(-n6ccc7c8ccccc8c8c(c9c%10ccccc%10c%10ccccc%10c9n8-c8ccccc8)c76)cc5)cc4)c23)c2ccccc2c2ccccc12. The first kappa shape index (κ1) is 44.8. The highest BCUT2D eigenvalue weighted by Crippen LogP contribution is 2.50. The lowest BCUT2D eigenvalue weighted by atomic mass is 9.84. The third-order valence-electron chi connectivity index (χ3n) is 16.6. The molecule has 0 N–H and O–H groups in total. The van der Waals surface area contributed by atoms with Gasteiger partial charge in [0.25, 0.3) is 0 Å². The fourth-order valence-electron chi connectivity index (χ4n) is 13.4. The van der Waals surface area contributed by atoms with Crippen LogP contribution in [0.1, 0.15) is 25.0 Å². The number of aromatic nitrogens is 3. The lowest BCUT2D eigenvalue weighted by Gasteiger charge is -2.21. The van der Waals surface area contributed by atoms with E-state index < -0.39 is 0 Å². The Morgan fingerprint density at radius 1 is 0.234 bits per heavy atom. The molecule has 77 heavy (non-hydrogen) atoms. The molecular weight excluding hydrogens is 931 g/mol. The van der Waals surface area contributed by atoms with Gasteiger partial charge in [-0.25, -0.2) is 0 Å². The molecule has 0 bridgehead atoms. The Balaban J connectivity index is 0.00000256. The lowest BCUT2D eigenvalue weighted by Crippen LogP contribution is -1.99. The molecule has 0 atom stereocenters. The van der Waals surface area contributed by atoms with Gasteiger partial charge in [0.05, 0.1) is 22.1 Å². The van der Waals surface area contributed by atoms with Crippen molar-refractivity contribution in [2.45, 2.75) is 27.7 Å². The molecule has 0 amide bonds. The summed E-state index contributed by atoms with van der Waals surface area (Å²) >= 11 is 0. The van der Waals surface area contributed by atoms with Crippen LogP contribution in [0.3, 0.4) is 0 Å². The van der Waals surface area contributed by atoms with Gasteiger partial charge >= 0.3 is 0 Å². The second kappa shape index (κ2) is 17.4. The molecule has 3 aromatic heterocycles. The van der Waals surface area contributed by atoms with Crippen molar-refractivity contribution in [2.75, 3.05) is 0 Å². The largest absolute Gasteiger partial charge is 0.316 e. The van der Waals surface area contributed by atoms with Crippen LogP contribution >= 0.6 is 0 Å². The summed E-state index contributed by atoms with van der Waals surface area (Å²) < 4.78 is 7.39. The zero-order valence-corrected chi connectivity index (χ0v) is 43.5.